The van der Waals surface area contributed by atoms with Gasteiger partial charge in [-0.05, 0) is 40.5 Å². The van der Waals surface area contributed by atoms with Gasteiger partial charge in [0.25, 0.3) is 0 Å². The number of benzene rings is 1. The van der Waals surface area contributed by atoms with Gasteiger partial charge in [0, 0.05) is 10.9 Å². The molecule has 100 valence electrons. The molecule has 0 fully saturated rings. The Kier molecular flexibility index (Phi) is 6.11. The summed E-state index contributed by atoms with van der Waals surface area (Å²) in [6.07, 6.45) is 0.361. The molecule has 18 heavy (non-hydrogen) atoms. The van der Waals surface area contributed by atoms with E-state index < -0.39 is 12.0 Å². The number of methoxy groups -OCH3 is 1. The topological polar surface area (TPSA) is 61.5 Å². The maximum Gasteiger partial charge on any atom is 0.323 e. The number of rotatable bonds is 5. The molecule has 0 aliphatic rings. The number of carbonyl (C=O) groups excluding carboxylic acids is 1. The minimum absolute atomic E-state index is 0.325. The predicted molar refractivity (Wildman–Crippen MR) is 76.7 cm³/mol. The van der Waals surface area contributed by atoms with Gasteiger partial charge in [-0.25, -0.2) is 0 Å². The normalized spacial score (nSPS) is 12.1. The van der Waals surface area contributed by atoms with Crippen molar-refractivity contribution < 1.29 is 14.3 Å². The van der Waals surface area contributed by atoms with E-state index in [4.69, 9.17) is 15.2 Å². The lowest BCUT2D eigenvalue weighted by molar-refractivity contribution is -0.144. The summed E-state index contributed by atoms with van der Waals surface area (Å²) in [6, 6.07) is 3.06. The number of carbonyl (C=O) groups is 1. The number of ether oxygens (including phenoxy) is 2. The first kappa shape index (κ1) is 15.5. The number of halogens is 2. The molecule has 0 saturated carbocycles. The third-order valence-electron chi connectivity index (χ3n) is 2.32. The molecule has 2 N–H and O–H groups in total. The van der Waals surface area contributed by atoms with E-state index in [0.29, 0.717) is 18.8 Å². The van der Waals surface area contributed by atoms with Gasteiger partial charge in [0.15, 0.2) is 0 Å². The van der Waals surface area contributed by atoms with Crippen LogP contribution in [0.15, 0.2) is 21.1 Å². The fraction of sp³-hybridized carbons (Fsp3) is 0.417. The highest BCUT2D eigenvalue weighted by molar-refractivity contribution is 9.11. The van der Waals surface area contributed by atoms with Gasteiger partial charge in [-0.1, -0.05) is 15.9 Å². The van der Waals surface area contributed by atoms with Crippen molar-refractivity contribution >= 4 is 37.8 Å². The van der Waals surface area contributed by atoms with Gasteiger partial charge in [0.05, 0.1) is 18.2 Å². The number of esters is 1. The van der Waals surface area contributed by atoms with Crippen molar-refractivity contribution in [2.75, 3.05) is 13.7 Å². The van der Waals surface area contributed by atoms with Crippen molar-refractivity contribution in [2.45, 2.75) is 19.4 Å². The lowest BCUT2D eigenvalue weighted by atomic mass is 10.1. The summed E-state index contributed by atoms with van der Waals surface area (Å²) in [6.45, 7) is 2.08. The van der Waals surface area contributed by atoms with Gasteiger partial charge in [0.2, 0.25) is 0 Å². The molecule has 6 heteroatoms. The van der Waals surface area contributed by atoms with Crippen LogP contribution >= 0.6 is 31.9 Å². The maximum atomic E-state index is 11.5. The Bertz CT molecular complexity index is 438. The van der Waals surface area contributed by atoms with Crippen LogP contribution in [0.4, 0.5) is 0 Å². The first-order valence-corrected chi connectivity index (χ1v) is 7.02. The molecule has 1 rings (SSSR count). The van der Waals surface area contributed by atoms with E-state index in [1.54, 1.807) is 14.0 Å². The van der Waals surface area contributed by atoms with E-state index in [2.05, 4.69) is 31.9 Å². The molecule has 0 saturated heterocycles. The minimum Gasteiger partial charge on any atom is -0.495 e. The van der Waals surface area contributed by atoms with Gasteiger partial charge in [0.1, 0.15) is 11.8 Å². The summed E-state index contributed by atoms with van der Waals surface area (Å²) in [5.74, 6) is 0.272. The number of hydrogen-bond acceptors (Lipinski definition) is 4. The molecule has 0 heterocycles. The highest BCUT2D eigenvalue weighted by Crippen LogP contribution is 2.33. The molecule has 1 aromatic rings. The molecule has 0 aliphatic heterocycles. The average molecular weight is 381 g/mol. The second-order valence-electron chi connectivity index (χ2n) is 3.64. The first-order valence-electron chi connectivity index (χ1n) is 5.43. The SMILES string of the molecule is CCOC(=O)C(N)Cc1cc(Br)cc(Br)c1OC. The first-order chi connectivity index (χ1) is 8.49. The largest absolute Gasteiger partial charge is 0.495 e. The fourth-order valence-electron chi connectivity index (χ4n) is 1.56. The van der Waals surface area contributed by atoms with Crippen molar-refractivity contribution in [3.63, 3.8) is 0 Å². The smallest absolute Gasteiger partial charge is 0.323 e. The van der Waals surface area contributed by atoms with E-state index in [9.17, 15) is 4.79 Å². The molecule has 0 amide bonds. The van der Waals surface area contributed by atoms with Crippen molar-refractivity contribution in [3.8, 4) is 5.75 Å². The van der Waals surface area contributed by atoms with Crippen molar-refractivity contribution in [3.05, 3.63) is 26.6 Å². The van der Waals surface area contributed by atoms with E-state index in [-0.39, 0.29) is 0 Å². The van der Waals surface area contributed by atoms with Crippen LogP contribution in [-0.2, 0) is 16.0 Å². The fourth-order valence-corrected chi connectivity index (χ4v) is 3.04. The van der Waals surface area contributed by atoms with Gasteiger partial charge in [-0.15, -0.1) is 0 Å². The van der Waals surface area contributed by atoms with Crippen LogP contribution in [-0.4, -0.2) is 25.7 Å². The van der Waals surface area contributed by atoms with Gasteiger partial charge < -0.3 is 15.2 Å². The summed E-state index contributed by atoms with van der Waals surface area (Å²) in [7, 11) is 1.58. The molecule has 4 nitrogen and oxygen atoms in total. The Morgan fingerprint density at radius 2 is 2.11 bits per heavy atom. The van der Waals surface area contributed by atoms with Gasteiger partial charge in [-0.2, -0.15) is 0 Å². The Hall–Kier alpha value is -0.590. The van der Waals surface area contributed by atoms with Crippen molar-refractivity contribution in [1.82, 2.24) is 0 Å². The molecule has 1 unspecified atom stereocenters. The maximum absolute atomic E-state index is 11.5. The van der Waals surface area contributed by atoms with Crippen LogP contribution < -0.4 is 10.5 Å². The quantitative estimate of drug-likeness (QED) is 0.797. The third kappa shape index (κ3) is 3.96. The molecule has 1 aromatic carbocycles. The number of hydrogen-bond donors (Lipinski definition) is 1. The Morgan fingerprint density at radius 3 is 2.67 bits per heavy atom. The van der Waals surface area contributed by atoms with E-state index in [1.807, 2.05) is 12.1 Å². The summed E-state index contributed by atoms with van der Waals surface area (Å²) in [5.41, 5.74) is 6.64. The zero-order chi connectivity index (χ0) is 13.7. The molecule has 0 aromatic heterocycles. The zero-order valence-corrected chi connectivity index (χ0v) is 13.4. The number of nitrogens with two attached hydrogens (primary N) is 1. The second-order valence-corrected chi connectivity index (χ2v) is 5.41. The highest BCUT2D eigenvalue weighted by atomic mass is 79.9. The van der Waals surface area contributed by atoms with E-state index >= 15 is 0 Å². The summed E-state index contributed by atoms with van der Waals surface area (Å²) in [5, 5.41) is 0. The van der Waals surface area contributed by atoms with E-state index in [0.717, 1.165) is 14.5 Å². The second kappa shape index (κ2) is 7.11. The molecule has 0 bridgehead atoms. The van der Waals surface area contributed by atoms with Crippen LogP contribution in [0.5, 0.6) is 5.75 Å². The molecule has 0 aliphatic carbocycles. The average Bonchev–Trinajstić information content (AvgIpc) is 2.28. The Balaban J connectivity index is 2.93. The van der Waals surface area contributed by atoms with Crippen LogP contribution in [0.1, 0.15) is 12.5 Å². The zero-order valence-electron chi connectivity index (χ0n) is 10.2. The molecular formula is C12H15Br2NO3. The van der Waals surface area contributed by atoms with Crippen molar-refractivity contribution in [2.24, 2.45) is 5.73 Å². The van der Waals surface area contributed by atoms with E-state index in [1.165, 1.54) is 0 Å². The van der Waals surface area contributed by atoms with Crippen LogP contribution in [0, 0.1) is 0 Å². The van der Waals surface area contributed by atoms with Gasteiger partial charge >= 0.3 is 5.97 Å². The van der Waals surface area contributed by atoms with Crippen molar-refractivity contribution in [1.29, 1.82) is 0 Å². The lowest BCUT2D eigenvalue weighted by Gasteiger charge is -2.15. The standard InChI is InChI=1S/C12H15Br2NO3/c1-3-18-12(16)10(15)5-7-4-8(13)6-9(14)11(7)17-2/h4,6,10H,3,5,15H2,1-2H3. The molecule has 0 spiro atoms. The summed E-state index contributed by atoms with van der Waals surface area (Å²) >= 11 is 6.80. The summed E-state index contributed by atoms with van der Waals surface area (Å²) in [4.78, 5) is 11.5. The Labute approximate surface area is 123 Å². The van der Waals surface area contributed by atoms with Crippen LogP contribution in [0.2, 0.25) is 0 Å². The summed E-state index contributed by atoms with van der Waals surface area (Å²) < 4.78 is 11.9. The molecule has 0 radical (unpaired) electrons. The highest BCUT2D eigenvalue weighted by Gasteiger charge is 2.19. The molecular weight excluding hydrogens is 366 g/mol. The van der Waals surface area contributed by atoms with Crippen LogP contribution in [0.3, 0.4) is 0 Å². The Morgan fingerprint density at radius 1 is 1.44 bits per heavy atom. The predicted octanol–water partition coefficient (Wildman–Crippen LogP) is 2.65. The third-order valence-corrected chi connectivity index (χ3v) is 3.37. The lowest BCUT2D eigenvalue weighted by Crippen LogP contribution is -2.34. The van der Waals surface area contributed by atoms with Crippen LogP contribution in [0.25, 0.3) is 0 Å². The monoisotopic (exact) mass is 379 g/mol. The minimum atomic E-state index is -0.694. The molecule has 1 atom stereocenters. The van der Waals surface area contributed by atoms with Gasteiger partial charge in [-0.3, -0.25) is 4.79 Å².